The topological polar surface area (TPSA) is 83.5 Å². The van der Waals surface area contributed by atoms with Crippen molar-refractivity contribution in [1.82, 2.24) is 5.32 Å². The minimum atomic E-state index is -0.994. The number of benzene rings is 1. The van der Waals surface area contributed by atoms with Gasteiger partial charge in [0.2, 0.25) is 5.91 Å². The van der Waals surface area contributed by atoms with Crippen molar-refractivity contribution < 1.29 is 19.5 Å². The molecule has 0 bridgehead atoms. The minimum absolute atomic E-state index is 0.0609. The number of carbonyl (C=O) groups excluding carboxylic acids is 2. The Morgan fingerprint density at radius 2 is 1.75 bits per heavy atom. The molecule has 0 aromatic heterocycles. The van der Waals surface area contributed by atoms with E-state index in [-0.39, 0.29) is 30.1 Å². The number of carboxylic acids is 1. The van der Waals surface area contributed by atoms with E-state index in [0.717, 1.165) is 12.0 Å². The number of hydrogen-bond donors (Lipinski definition) is 2. The van der Waals surface area contributed by atoms with Crippen molar-refractivity contribution in [2.75, 3.05) is 6.54 Å². The normalized spacial score (nSPS) is 12.5. The highest BCUT2D eigenvalue weighted by molar-refractivity contribution is 5.88. The van der Waals surface area contributed by atoms with Gasteiger partial charge in [0, 0.05) is 12.8 Å². The van der Waals surface area contributed by atoms with Crippen LogP contribution in [0.2, 0.25) is 0 Å². The molecule has 1 aromatic rings. The van der Waals surface area contributed by atoms with Crippen LogP contribution in [0.5, 0.6) is 0 Å². The molecule has 0 aliphatic carbocycles. The van der Waals surface area contributed by atoms with Crippen molar-refractivity contribution in [3.05, 3.63) is 35.9 Å². The maximum absolute atomic E-state index is 12.0. The van der Waals surface area contributed by atoms with Crippen molar-refractivity contribution in [1.29, 1.82) is 0 Å². The van der Waals surface area contributed by atoms with E-state index in [9.17, 15) is 19.5 Å². The van der Waals surface area contributed by atoms with E-state index in [1.165, 1.54) is 0 Å². The van der Waals surface area contributed by atoms with Crippen LogP contribution in [0.15, 0.2) is 30.3 Å². The predicted octanol–water partition coefficient (Wildman–Crippen LogP) is 2.83. The maximum Gasteiger partial charge on any atom is 0.307 e. The Hall–Kier alpha value is -2.17. The lowest BCUT2D eigenvalue weighted by molar-refractivity contribution is -0.143. The van der Waals surface area contributed by atoms with Crippen LogP contribution in [0.4, 0.5) is 0 Å². The number of amides is 1. The Labute approximate surface area is 143 Å². The fourth-order valence-electron chi connectivity index (χ4n) is 2.27. The molecule has 132 valence electrons. The first-order valence-corrected chi connectivity index (χ1v) is 8.22. The summed E-state index contributed by atoms with van der Waals surface area (Å²) >= 11 is 0. The summed E-state index contributed by atoms with van der Waals surface area (Å²) in [5, 5.41) is 11.9. The number of carbonyl (C=O) groups is 3. The van der Waals surface area contributed by atoms with Gasteiger partial charge in [-0.3, -0.25) is 14.4 Å². The molecule has 2 N–H and O–H groups in total. The van der Waals surface area contributed by atoms with E-state index < -0.39 is 11.9 Å². The molecule has 0 aliphatic heterocycles. The van der Waals surface area contributed by atoms with Gasteiger partial charge in [0.25, 0.3) is 0 Å². The van der Waals surface area contributed by atoms with Gasteiger partial charge in [-0.05, 0) is 23.8 Å². The Balaban J connectivity index is 2.43. The molecule has 5 nitrogen and oxygen atoms in total. The predicted molar refractivity (Wildman–Crippen MR) is 92.6 cm³/mol. The number of aliphatic carboxylic acids is 1. The Morgan fingerprint density at radius 3 is 2.29 bits per heavy atom. The first kappa shape index (κ1) is 19.9. The first-order chi connectivity index (χ1) is 11.2. The molecule has 0 saturated heterocycles. The van der Waals surface area contributed by atoms with Gasteiger partial charge in [-0.15, -0.1) is 0 Å². The summed E-state index contributed by atoms with van der Waals surface area (Å²) in [6.07, 6.45) is 1.32. The molecular weight excluding hydrogens is 306 g/mol. The molecule has 0 unspecified atom stereocenters. The minimum Gasteiger partial charge on any atom is -0.481 e. The molecule has 0 saturated carbocycles. The van der Waals surface area contributed by atoms with E-state index in [1.807, 2.05) is 51.1 Å². The average molecular weight is 333 g/mol. The quantitative estimate of drug-likeness (QED) is 0.728. The van der Waals surface area contributed by atoms with Crippen LogP contribution < -0.4 is 5.32 Å². The van der Waals surface area contributed by atoms with Crippen LogP contribution in [0, 0.1) is 11.3 Å². The summed E-state index contributed by atoms with van der Waals surface area (Å²) in [5.41, 5.74) is 0.942. The van der Waals surface area contributed by atoms with Crippen molar-refractivity contribution in [3.63, 3.8) is 0 Å². The molecule has 0 fully saturated rings. The third-order valence-corrected chi connectivity index (χ3v) is 3.73. The molecular formula is C19H27NO4. The monoisotopic (exact) mass is 333 g/mol. The van der Waals surface area contributed by atoms with Gasteiger partial charge in [-0.2, -0.15) is 0 Å². The highest BCUT2D eigenvalue weighted by atomic mass is 16.4. The van der Waals surface area contributed by atoms with Crippen LogP contribution >= 0.6 is 0 Å². The molecule has 1 rings (SSSR count). The number of nitrogens with one attached hydrogen (secondary N) is 1. The van der Waals surface area contributed by atoms with Gasteiger partial charge < -0.3 is 10.4 Å². The zero-order chi connectivity index (χ0) is 18.2. The average Bonchev–Trinajstić information content (AvgIpc) is 2.50. The van der Waals surface area contributed by atoms with Gasteiger partial charge >= 0.3 is 5.97 Å². The van der Waals surface area contributed by atoms with Crippen LogP contribution in [-0.4, -0.2) is 29.3 Å². The second-order valence-corrected chi connectivity index (χ2v) is 7.31. The fourth-order valence-corrected chi connectivity index (χ4v) is 2.27. The van der Waals surface area contributed by atoms with Crippen LogP contribution in [0.1, 0.15) is 45.6 Å². The lowest BCUT2D eigenvalue weighted by atomic mass is 9.90. The van der Waals surface area contributed by atoms with Crippen LogP contribution in [0.25, 0.3) is 0 Å². The molecule has 0 radical (unpaired) electrons. The maximum atomic E-state index is 12.0. The summed E-state index contributed by atoms with van der Waals surface area (Å²) in [5.74, 6) is -2.20. The molecule has 1 amide bonds. The van der Waals surface area contributed by atoms with E-state index in [1.54, 1.807) is 0 Å². The zero-order valence-corrected chi connectivity index (χ0v) is 14.7. The standard InChI is InChI=1S/C19H27NO4/c1-19(2,3)10-9-17(22)20-13-16(21)12-15(18(23)24)11-14-7-5-4-6-8-14/h4-8,15H,9-13H2,1-3H3,(H,20,22)(H,23,24)/t15-/m1/s1. The van der Waals surface area contributed by atoms with Crippen molar-refractivity contribution >= 4 is 17.7 Å². The van der Waals surface area contributed by atoms with E-state index in [0.29, 0.717) is 12.8 Å². The third-order valence-electron chi connectivity index (χ3n) is 3.73. The van der Waals surface area contributed by atoms with E-state index in [2.05, 4.69) is 5.32 Å². The lowest BCUT2D eigenvalue weighted by Crippen LogP contribution is -2.32. The van der Waals surface area contributed by atoms with Gasteiger partial charge in [-0.1, -0.05) is 51.1 Å². The highest BCUT2D eigenvalue weighted by Gasteiger charge is 2.22. The van der Waals surface area contributed by atoms with Crippen LogP contribution in [0.3, 0.4) is 0 Å². The number of Topliss-reactive ketones (excluding diaryl/α,β-unsaturated/α-hetero) is 1. The second-order valence-electron chi connectivity index (χ2n) is 7.31. The number of ketones is 1. The number of carboxylic acid groups (broad SMARTS) is 1. The fraction of sp³-hybridized carbons (Fsp3) is 0.526. The second kappa shape index (κ2) is 9.21. The summed E-state index contributed by atoms with van der Waals surface area (Å²) in [4.78, 5) is 35.1. The molecule has 0 aliphatic rings. The first-order valence-electron chi connectivity index (χ1n) is 8.22. The molecule has 24 heavy (non-hydrogen) atoms. The Bertz CT molecular complexity index is 560. The van der Waals surface area contributed by atoms with E-state index >= 15 is 0 Å². The molecule has 0 spiro atoms. The Kier molecular flexibility index (Phi) is 7.62. The highest BCUT2D eigenvalue weighted by Crippen LogP contribution is 2.20. The third kappa shape index (κ3) is 8.46. The SMILES string of the molecule is CC(C)(C)CCC(=O)NCC(=O)C[C@@H](Cc1ccccc1)C(=O)O. The van der Waals surface area contributed by atoms with Gasteiger partial charge in [0.15, 0.2) is 5.78 Å². The van der Waals surface area contributed by atoms with Gasteiger partial charge in [0.1, 0.15) is 0 Å². The number of hydrogen-bond acceptors (Lipinski definition) is 3. The summed E-state index contributed by atoms with van der Waals surface area (Å²) in [6.45, 7) is 6.03. The smallest absolute Gasteiger partial charge is 0.307 e. The molecule has 5 heteroatoms. The van der Waals surface area contributed by atoms with Crippen LogP contribution in [-0.2, 0) is 20.8 Å². The molecule has 1 aromatic carbocycles. The lowest BCUT2D eigenvalue weighted by Gasteiger charge is -2.17. The summed E-state index contributed by atoms with van der Waals surface area (Å²) in [7, 11) is 0. The summed E-state index contributed by atoms with van der Waals surface area (Å²) < 4.78 is 0. The molecule has 1 atom stereocenters. The molecule has 0 heterocycles. The van der Waals surface area contributed by atoms with Gasteiger partial charge in [0.05, 0.1) is 12.5 Å². The van der Waals surface area contributed by atoms with E-state index in [4.69, 9.17) is 0 Å². The largest absolute Gasteiger partial charge is 0.481 e. The van der Waals surface area contributed by atoms with Crippen molar-refractivity contribution in [2.45, 2.75) is 46.5 Å². The zero-order valence-electron chi connectivity index (χ0n) is 14.7. The number of rotatable bonds is 9. The Morgan fingerprint density at radius 1 is 1.12 bits per heavy atom. The van der Waals surface area contributed by atoms with Crippen molar-refractivity contribution in [2.24, 2.45) is 11.3 Å². The van der Waals surface area contributed by atoms with Crippen molar-refractivity contribution in [3.8, 4) is 0 Å². The summed E-state index contributed by atoms with van der Waals surface area (Å²) in [6, 6.07) is 9.22. The van der Waals surface area contributed by atoms with Gasteiger partial charge in [-0.25, -0.2) is 0 Å².